The molecule has 4 rings (SSSR count). The minimum atomic E-state index is 0.609. The monoisotopic (exact) mass is 320 g/mol. The molecule has 0 unspecified atom stereocenters. The molecule has 3 nitrogen and oxygen atoms in total. The number of likely N-dealkylation sites (tertiary alicyclic amines) is 1. The van der Waals surface area contributed by atoms with E-state index in [2.05, 4.69) is 47.4 Å². The molecule has 24 heavy (non-hydrogen) atoms. The summed E-state index contributed by atoms with van der Waals surface area (Å²) in [5.74, 6) is 0.937. The summed E-state index contributed by atoms with van der Waals surface area (Å²) in [5.41, 5.74) is 3.78. The number of nitrogens with zero attached hydrogens (tertiary/aromatic N) is 1. The SMILES string of the molecule is CN1CCC[C@@H]1Cc1c[nH]c2ccc(OCc3ccccc3)cc12. The number of aromatic nitrogens is 1. The van der Waals surface area contributed by atoms with Crippen molar-refractivity contribution >= 4 is 10.9 Å². The van der Waals surface area contributed by atoms with Gasteiger partial charge in [0.25, 0.3) is 0 Å². The van der Waals surface area contributed by atoms with Crippen molar-refractivity contribution < 1.29 is 4.74 Å². The van der Waals surface area contributed by atoms with E-state index in [0.29, 0.717) is 12.6 Å². The molecule has 1 aromatic heterocycles. The van der Waals surface area contributed by atoms with E-state index in [1.165, 1.54) is 41.4 Å². The number of ether oxygens (including phenoxy) is 1. The van der Waals surface area contributed by atoms with Gasteiger partial charge in [-0.2, -0.15) is 0 Å². The maximum Gasteiger partial charge on any atom is 0.120 e. The van der Waals surface area contributed by atoms with E-state index in [-0.39, 0.29) is 0 Å². The molecule has 1 atom stereocenters. The Labute approximate surface area is 143 Å². The fourth-order valence-electron chi connectivity index (χ4n) is 3.65. The summed E-state index contributed by atoms with van der Waals surface area (Å²) >= 11 is 0. The predicted octanol–water partition coefficient (Wildman–Crippen LogP) is 4.38. The van der Waals surface area contributed by atoms with Crippen LogP contribution in [0.5, 0.6) is 5.75 Å². The number of benzene rings is 2. The number of H-pyrrole nitrogens is 1. The summed E-state index contributed by atoms with van der Waals surface area (Å²) in [6.45, 7) is 1.83. The lowest BCUT2D eigenvalue weighted by Crippen LogP contribution is -2.26. The van der Waals surface area contributed by atoms with Crippen LogP contribution in [-0.2, 0) is 13.0 Å². The normalized spacial score (nSPS) is 18.3. The van der Waals surface area contributed by atoms with Crippen LogP contribution >= 0.6 is 0 Å². The summed E-state index contributed by atoms with van der Waals surface area (Å²) in [5, 5.41) is 1.29. The third-order valence-electron chi connectivity index (χ3n) is 5.11. The van der Waals surface area contributed by atoms with E-state index in [0.717, 1.165) is 12.2 Å². The van der Waals surface area contributed by atoms with Crippen molar-refractivity contribution in [3.63, 3.8) is 0 Å². The minimum absolute atomic E-state index is 0.609. The lowest BCUT2D eigenvalue weighted by atomic mass is 10.0. The second-order valence-corrected chi connectivity index (χ2v) is 6.78. The topological polar surface area (TPSA) is 28.3 Å². The Morgan fingerprint density at radius 1 is 1.17 bits per heavy atom. The van der Waals surface area contributed by atoms with Crippen LogP contribution in [0.4, 0.5) is 0 Å². The van der Waals surface area contributed by atoms with Crippen molar-refractivity contribution in [1.29, 1.82) is 0 Å². The molecule has 0 amide bonds. The van der Waals surface area contributed by atoms with Crippen LogP contribution < -0.4 is 4.74 Å². The van der Waals surface area contributed by atoms with Crippen molar-refractivity contribution in [2.75, 3.05) is 13.6 Å². The van der Waals surface area contributed by atoms with E-state index in [9.17, 15) is 0 Å². The Morgan fingerprint density at radius 2 is 2.04 bits per heavy atom. The molecule has 0 aliphatic carbocycles. The van der Waals surface area contributed by atoms with Crippen LogP contribution in [0.1, 0.15) is 24.0 Å². The van der Waals surface area contributed by atoms with Gasteiger partial charge in [-0.25, -0.2) is 0 Å². The maximum absolute atomic E-state index is 5.99. The second-order valence-electron chi connectivity index (χ2n) is 6.78. The van der Waals surface area contributed by atoms with Gasteiger partial charge in [0.2, 0.25) is 0 Å². The maximum atomic E-state index is 5.99. The lowest BCUT2D eigenvalue weighted by molar-refractivity contribution is 0.306. The van der Waals surface area contributed by atoms with Crippen LogP contribution in [0.3, 0.4) is 0 Å². The first-order valence-corrected chi connectivity index (χ1v) is 8.76. The van der Waals surface area contributed by atoms with Crippen LogP contribution in [0.25, 0.3) is 10.9 Å². The zero-order valence-electron chi connectivity index (χ0n) is 14.2. The van der Waals surface area contributed by atoms with Gasteiger partial charge in [-0.15, -0.1) is 0 Å². The van der Waals surface area contributed by atoms with Crippen LogP contribution in [0.2, 0.25) is 0 Å². The number of likely N-dealkylation sites (N-methyl/N-ethyl adjacent to an activating group) is 1. The Balaban J connectivity index is 1.52. The highest BCUT2D eigenvalue weighted by Crippen LogP contribution is 2.28. The number of rotatable bonds is 5. The molecule has 0 saturated carbocycles. The third-order valence-corrected chi connectivity index (χ3v) is 5.11. The smallest absolute Gasteiger partial charge is 0.120 e. The standard InChI is InChI=1S/C21H24N2O/c1-23-11-5-8-18(23)12-17-14-22-21-10-9-19(13-20(17)21)24-15-16-6-3-2-4-7-16/h2-4,6-7,9-10,13-14,18,22H,5,8,11-12,15H2,1H3/t18-/m1/s1. The number of fused-ring (bicyclic) bond motifs is 1. The van der Waals surface area contributed by atoms with Crippen molar-refractivity contribution in [3.8, 4) is 5.75 Å². The van der Waals surface area contributed by atoms with E-state index < -0.39 is 0 Å². The highest BCUT2D eigenvalue weighted by Gasteiger charge is 2.22. The van der Waals surface area contributed by atoms with E-state index in [1.54, 1.807) is 0 Å². The van der Waals surface area contributed by atoms with Gasteiger partial charge in [0.1, 0.15) is 12.4 Å². The molecule has 1 saturated heterocycles. The largest absolute Gasteiger partial charge is 0.489 e. The molecule has 3 aromatic rings. The molecule has 0 spiro atoms. The average Bonchev–Trinajstić information content (AvgIpc) is 3.21. The van der Waals surface area contributed by atoms with Gasteiger partial charge in [0, 0.05) is 23.1 Å². The first-order valence-electron chi connectivity index (χ1n) is 8.76. The van der Waals surface area contributed by atoms with Gasteiger partial charge in [-0.1, -0.05) is 30.3 Å². The van der Waals surface area contributed by atoms with E-state index >= 15 is 0 Å². The average molecular weight is 320 g/mol. The number of nitrogens with one attached hydrogen (secondary N) is 1. The fourth-order valence-corrected chi connectivity index (χ4v) is 3.65. The minimum Gasteiger partial charge on any atom is -0.489 e. The van der Waals surface area contributed by atoms with Crippen molar-refractivity contribution in [3.05, 3.63) is 65.9 Å². The summed E-state index contributed by atoms with van der Waals surface area (Å²) in [4.78, 5) is 5.88. The van der Waals surface area contributed by atoms with E-state index in [1.807, 2.05) is 24.3 Å². The highest BCUT2D eigenvalue weighted by atomic mass is 16.5. The number of aromatic amines is 1. The summed E-state index contributed by atoms with van der Waals surface area (Å²) in [6.07, 6.45) is 5.89. The van der Waals surface area contributed by atoms with Gasteiger partial charge in [0.15, 0.2) is 0 Å². The first kappa shape index (κ1) is 15.3. The van der Waals surface area contributed by atoms with Crippen LogP contribution in [-0.4, -0.2) is 29.5 Å². The molecule has 3 heteroatoms. The summed E-state index contributed by atoms with van der Waals surface area (Å²) in [7, 11) is 2.24. The van der Waals surface area contributed by atoms with E-state index in [4.69, 9.17) is 4.74 Å². The summed E-state index contributed by atoms with van der Waals surface area (Å²) < 4.78 is 5.99. The van der Waals surface area contributed by atoms with Gasteiger partial charge in [0.05, 0.1) is 0 Å². The quantitative estimate of drug-likeness (QED) is 0.755. The molecule has 1 aliphatic heterocycles. The molecule has 1 N–H and O–H groups in total. The van der Waals surface area contributed by atoms with Gasteiger partial charge in [-0.05, 0) is 62.2 Å². The molecule has 0 radical (unpaired) electrons. The second kappa shape index (κ2) is 6.70. The lowest BCUT2D eigenvalue weighted by Gasteiger charge is -2.18. The van der Waals surface area contributed by atoms with Crippen LogP contribution in [0.15, 0.2) is 54.7 Å². The molecule has 1 fully saturated rings. The first-order chi connectivity index (χ1) is 11.8. The Morgan fingerprint density at radius 3 is 2.83 bits per heavy atom. The molecule has 1 aliphatic rings. The highest BCUT2D eigenvalue weighted by molar-refractivity contribution is 5.84. The number of hydrogen-bond acceptors (Lipinski definition) is 2. The summed E-state index contributed by atoms with van der Waals surface area (Å²) in [6, 6.07) is 17.3. The third kappa shape index (κ3) is 3.17. The zero-order chi connectivity index (χ0) is 16.4. The van der Waals surface area contributed by atoms with Crippen molar-refractivity contribution in [2.45, 2.75) is 31.9 Å². The molecule has 2 heterocycles. The predicted molar refractivity (Wildman–Crippen MR) is 98.4 cm³/mol. The van der Waals surface area contributed by atoms with Crippen molar-refractivity contribution in [1.82, 2.24) is 9.88 Å². The van der Waals surface area contributed by atoms with Crippen LogP contribution in [0, 0.1) is 0 Å². The molecule has 2 aromatic carbocycles. The fraction of sp³-hybridized carbons (Fsp3) is 0.333. The Hall–Kier alpha value is -2.26. The molecular formula is C21H24N2O. The zero-order valence-corrected chi connectivity index (χ0v) is 14.2. The molecule has 124 valence electrons. The molecular weight excluding hydrogens is 296 g/mol. The Kier molecular flexibility index (Phi) is 4.26. The molecule has 0 bridgehead atoms. The van der Waals surface area contributed by atoms with Crippen molar-refractivity contribution in [2.24, 2.45) is 0 Å². The van der Waals surface area contributed by atoms with Gasteiger partial charge < -0.3 is 14.6 Å². The Bertz CT molecular complexity index is 809. The van der Waals surface area contributed by atoms with Gasteiger partial charge >= 0.3 is 0 Å². The van der Waals surface area contributed by atoms with Gasteiger partial charge in [-0.3, -0.25) is 0 Å². The number of hydrogen-bond donors (Lipinski definition) is 1.